The van der Waals surface area contributed by atoms with E-state index in [1.54, 1.807) is 7.11 Å². The van der Waals surface area contributed by atoms with Crippen LogP contribution in [0.3, 0.4) is 0 Å². The molecule has 94 valence electrons. The molecule has 1 aromatic carbocycles. The van der Waals surface area contributed by atoms with Crippen molar-refractivity contribution < 1.29 is 14.8 Å². The molecule has 0 unspecified atom stereocenters. The molecule has 1 heterocycles. The second-order valence-electron chi connectivity index (χ2n) is 4.32. The Hall–Kier alpha value is -0.770. The zero-order chi connectivity index (χ0) is 12.1. The fourth-order valence-electron chi connectivity index (χ4n) is 2.16. The highest BCUT2D eigenvalue weighted by Crippen LogP contribution is 2.21. The molecule has 2 N–H and O–H groups in total. The SMILES string of the molecule is COc1ccc(Cl)cc1C[NH2+]C[C@@H]1CCCO1. The molecule has 1 aromatic rings. The molecular weight excluding hydrogens is 238 g/mol. The Balaban J connectivity index is 1.86. The van der Waals surface area contributed by atoms with E-state index in [0.29, 0.717) is 6.10 Å². The van der Waals surface area contributed by atoms with Gasteiger partial charge in [0.05, 0.1) is 7.11 Å². The number of ether oxygens (including phenoxy) is 2. The molecule has 1 aliphatic rings. The van der Waals surface area contributed by atoms with E-state index in [0.717, 1.165) is 36.0 Å². The van der Waals surface area contributed by atoms with Crippen LogP contribution < -0.4 is 10.1 Å². The minimum Gasteiger partial charge on any atom is -0.496 e. The standard InChI is InChI=1S/C13H18ClNO2/c1-16-13-5-4-11(14)7-10(13)8-15-9-12-3-2-6-17-12/h4-5,7,12,15H,2-3,6,8-9H2,1H3/p+1/t12-/m0/s1. The van der Waals surface area contributed by atoms with Crippen molar-refractivity contribution in [1.29, 1.82) is 0 Å². The van der Waals surface area contributed by atoms with Crippen LogP contribution in [0.5, 0.6) is 5.75 Å². The first-order valence-electron chi connectivity index (χ1n) is 6.05. The maximum Gasteiger partial charge on any atom is 0.127 e. The molecule has 0 aromatic heterocycles. The number of hydrogen-bond donors (Lipinski definition) is 1. The van der Waals surface area contributed by atoms with E-state index < -0.39 is 0 Å². The van der Waals surface area contributed by atoms with Crippen LogP contribution >= 0.6 is 11.6 Å². The highest BCUT2D eigenvalue weighted by Gasteiger charge is 2.17. The Morgan fingerprint density at radius 2 is 2.41 bits per heavy atom. The average Bonchev–Trinajstić information content (AvgIpc) is 2.82. The zero-order valence-electron chi connectivity index (χ0n) is 10.1. The number of benzene rings is 1. The van der Waals surface area contributed by atoms with Gasteiger partial charge in [0.1, 0.15) is 24.9 Å². The van der Waals surface area contributed by atoms with Gasteiger partial charge in [-0.3, -0.25) is 0 Å². The third-order valence-electron chi connectivity index (χ3n) is 3.06. The highest BCUT2D eigenvalue weighted by atomic mass is 35.5. The summed E-state index contributed by atoms with van der Waals surface area (Å²) in [7, 11) is 1.69. The van der Waals surface area contributed by atoms with Gasteiger partial charge >= 0.3 is 0 Å². The molecule has 0 radical (unpaired) electrons. The summed E-state index contributed by atoms with van der Waals surface area (Å²) < 4.78 is 10.9. The van der Waals surface area contributed by atoms with Crippen LogP contribution in [0.25, 0.3) is 0 Å². The molecule has 0 bridgehead atoms. The second kappa shape index (κ2) is 6.24. The smallest absolute Gasteiger partial charge is 0.127 e. The van der Waals surface area contributed by atoms with Crippen LogP contribution in [0.2, 0.25) is 5.02 Å². The Labute approximate surface area is 107 Å². The van der Waals surface area contributed by atoms with E-state index in [1.807, 2.05) is 18.2 Å². The van der Waals surface area contributed by atoms with Gasteiger partial charge in [-0.1, -0.05) is 11.6 Å². The highest BCUT2D eigenvalue weighted by molar-refractivity contribution is 6.30. The molecule has 0 aliphatic carbocycles. The molecule has 0 amide bonds. The summed E-state index contributed by atoms with van der Waals surface area (Å²) in [6.45, 7) is 2.80. The summed E-state index contributed by atoms with van der Waals surface area (Å²) in [5.74, 6) is 0.901. The predicted octanol–water partition coefficient (Wildman–Crippen LogP) is 1.59. The summed E-state index contributed by atoms with van der Waals surface area (Å²) in [5.41, 5.74) is 1.14. The van der Waals surface area contributed by atoms with Crippen molar-refractivity contribution in [2.24, 2.45) is 0 Å². The summed E-state index contributed by atoms with van der Waals surface area (Å²) in [4.78, 5) is 0. The van der Waals surface area contributed by atoms with Gasteiger partial charge in [-0.2, -0.15) is 0 Å². The lowest BCUT2D eigenvalue weighted by molar-refractivity contribution is -0.676. The van der Waals surface area contributed by atoms with Crippen molar-refractivity contribution in [3.8, 4) is 5.75 Å². The number of methoxy groups -OCH3 is 1. The fourth-order valence-corrected chi connectivity index (χ4v) is 2.36. The molecule has 1 atom stereocenters. The molecule has 1 aliphatic heterocycles. The quantitative estimate of drug-likeness (QED) is 0.868. The van der Waals surface area contributed by atoms with Crippen molar-refractivity contribution in [3.63, 3.8) is 0 Å². The normalized spacial score (nSPS) is 19.5. The zero-order valence-corrected chi connectivity index (χ0v) is 10.9. The van der Waals surface area contributed by atoms with Crippen LogP contribution in [0.4, 0.5) is 0 Å². The van der Waals surface area contributed by atoms with Crippen molar-refractivity contribution in [3.05, 3.63) is 28.8 Å². The van der Waals surface area contributed by atoms with E-state index in [-0.39, 0.29) is 0 Å². The van der Waals surface area contributed by atoms with Crippen molar-refractivity contribution >= 4 is 11.6 Å². The van der Waals surface area contributed by atoms with Crippen LogP contribution in [-0.2, 0) is 11.3 Å². The fraction of sp³-hybridized carbons (Fsp3) is 0.538. The van der Waals surface area contributed by atoms with Crippen molar-refractivity contribution in [2.45, 2.75) is 25.5 Å². The number of quaternary nitrogens is 1. The van der Waals surface area contributed by atoms with Gasteiger partial charge in [0, 0.05) is 17.2 Å². The van der Waals surface area contributed by atoms with Crippen LogP contribution in [0, 0.1) is 0 Å². The first-order chi connectivity index (χ1) is 8.29. The van der Waals surface area contributed by atoms with Gasteiger partial charge in [0.25, 0.3) is 0 Å². The molecule has 1 fully saturated rings. The van der Waals surface area contributed by atoms with E-state index in [4.69, 9.17) is 21.1 Å². The Kier molecular flexibility index (Phi) is 4.66. The largest absolute Gasteiger partial charge is 0.496 e. The van der Waals surface area contributed by atoms with Gasteiger partial charge < -0.3 is 14.8 Å². The van der Waals surface area contributed by atoms with E-state index in [2.05, 4.69) is 5.32 Å². The number of rotatable bonds is 5. The Bertz CT molecular complexity index is 364. The molecule has 4 heteroatoms. The molecular formula is C13H19ClNO2+. The molecule has 17 heavy (non-hydrogen) atoms. The molecule has 1 saturated heterocycles. The molecule has 0 spiro atoms. The first-order valence-corrected chi connectivity index (χ1v) is 6.43. The summed E-state index contributed by atoms with van der Waals surface area (Å²) in [6, 6.07) is 5.73. The van der Waals surface area contributed by atoms with Crippen LogP contribution in [0.1, 0.15) is 18.4 Å². The first kappa shape index (κ1) is 12.7. The summed E-state index contributed by atoms with van der Waals surface area (Å²) in [5, 5.41) is 3.01. The van der Waals surface area contributed by atoms with Crippen molar-refractivity contribution in [2.75, 3.05) is 20.3 Å². The van der Waals surface area contributed by atoms with Gasteiger partial charge in [-0.25, -0.2) is 0 Å². The maximum absolute atomic E-state index is 5.99. The second-order valence-corrected chi connectivity index (χ2v) is 4.76. The lowest BCUT2D eigenvalue weighted by Crippen LogP contribution is -2.84. The minimum absolute atomic E-state index is 0.417. The number of hydrogen-bond acceptors (Lipinski definition) is 2. The minimum atomic E-state index is 0.417. The van der Waals surface area contributed by atoms with Gasteiger partial charge in [-0.15, -0.1) is 0 Å². The third kappa shape index (κ3) is 3.60. The number of halogens is 1. The average molecular weight is 257 g/mol. The maximum atomic E-state index is 5.99. The van der Waals surface area contributed by atoms with E-state index >= 15 is 0 Å². The molecule has 3 nitrogen and oxygen atoms in total. The van der Waals surface area contributed by atoms with E-state index in [9.17, 15) is 0 Å². The van der Waals surface area contributed by atoms with Crippen molar-refractivity contribution in [1.82, 2.24) is 0 Å². The Morgan fingerprint density at radius 3 is 3.12 bits per heavy atom. The molecule has 0 saturated carbocycles. The summed E-state index contributed by atoms with van der Waals surface area (Å²) >= 11 is 5.99. The van der Waals surface area contributed by atoms with Gasteiger partial charge in [-0.05, 0) is 31.0 Å². The number of nitrogens with two attached hydrogens (primary N) is 1. The topological polar surface area (TPSA) is 35.1 Å². The van der Waals surface area contributed by atoms with Gasteiger partial charge in [0.2, 0.25) is 0 Å². The lowest BCUT2D eigenvalue weighted by atomic mass is 10.2. The van der Waals surface area contributed by atoms with Gasteiger partial charge in [0.15, 0.2) is 0 Å². The Morgan fingerprint density at radius 1 is 1.53 bits per heavy atom. The monoisotopic (exact) mass is 256 g/mol. The van der Waals surface area contributed by atoms with Crippen LogP contribution in [-0.4, -0.2) is 26.4 Å². The predicted molar refractivity (Wildman–Crippen MR) is 67.5 cm³/mol. The lowest BCUT2D eigenvalue weighted by Gasteiger charge is -2.10. The van der Waals surface area contributed by atoms with Crippen LogP contribution in [0.15, 0.2) is 18.2 Å². The summed E-state index contributed by atoms with van der Waals surface area (Å²) in [6.07, 6.45) is 2.79. The third-order valence-corrected chi connectivity index (χ3v) is 3.30. The molecule has 2 rings (SSSR count). The van der Waals surface area contributed by atoms with E-state index in [1.165, 1.54) is 12.8 Å².